The van der Waals surface area contributed by atoms with Crippen LogP contribution in [0.4, 0.5) is 9.18 Å². The molecule has 2 rings (SSSR count). The first-order valence-corrected chi connectivity index (χ1v) is 6.78. The van der Waals surface area contributed by atoms with Crippen LogP contribution in [0.2, 0.25) is 0 Å². The van der Waals surface area contributed by atoms with Crippen LogP contribution in [0.25, 0.3) is 0 Å². The number of hydrogen-bond acceptors (Lipinski definition) is 3. The molecule has 1 fully saturated rings. The first-order valence-electron chi connectivity index (χ1n) is 6.78. The summed E-state index contributed by atoms with van der Waals surface area (Å²) in [6, 6.07) is 5.69. The summed E-state index contributed by atoms with van der Waals surface area (Å²) in [6.07, 6.45) is 0.334. The first kappa shape index (κ1) is 14.8. The van der Waals surface area contributed by atoms with Crippen molar-refractivity contribution in [2.45, 2.75) is 44.9 Å². The number of rotatable bonds is 1. The van der Waals surface area contributed by atoms with Gasteiger partial charge in [-0.2, -0.15) is 0 Å². The average molecular weight is 280 g/mol. The van der Waals surface area contributed by atoms with Crippen molar-refractivity contribution in [2.75, 3.05) is 6.54 Å². The number of likely N-dealkylation sites (tertiary alicyclic amines) is 1. The largest absolute Gasteiger partial charge is 0.444 e. The second-order valence-electron chi connectivity index (χ2n) is 6.12. The first-order chi connectivity index (χ1) is 9.28. The fourth-order valence-corrected chi connectivity index (χ4v) is 2.43. The number of ether oxygens (including phenoxy) is 1. The highest BCUT2D eigenvalue weighted by molar-refractivity contribution is 5.69. The van der Waals surface area contributed by atoms with E-state index >= 15 is 0 Å². The summed E-state index contributed by atoms with van der Waals surface area (Å²) in [4.78, 5) is 13.9. The molecule has 0 radical (unpaired) electrons. The second kappa shape index (κ2) is 5.40. The number of benzene rings is 1. The maximum Gasteiger partial charge on any atom is 0.410 e. The number of hydrogen-bond donors (Lipinski definition) is 1. The van der Waals surface area contributed by atoms with Gasteiger partial charge >= 0.3 is 6.09 Å². The Morgan fingerprint density at radius 2 is 1.95 bits per heavy atom. The predicted molar refractivity (Wildman–Crippen MR) is 74.7 cm³/mol. The van der Waals surface area contributed by atoms with E-state index in [0.717, 1.165) is 5.56 Å². The van der Waals surface area contributed by atoms with Gasteiger partial charge in [-0.25, -0.2) is 9.18 Å². The van der Waals surface area contributed by atoms with Crippen LogP contribution in [0, 0.1) is 5.82 Å². The van der Waals surface area contributed by atoms with Crippen LogP contribution < -0.4 is 5.73 Å². The average Bonchev–Trinajstić information content (AvgIpc) is 2.70. The van der Waals surface area contributed by atoms with Crippen LogP contribution in [0.15, 0.2) is 24.3 Å². The molecule has 2 N–H and O–H groups in total. The van der Waals surface area contributed by atoms with Gasteiger partial charge in [0.2, 0.25) is 0 Å². The quantitative estimate of drug-likeness (QED) is 0.860. The number of carbonyl (C=O) groups is 1. The molecule has 0 unspecified atom stereocenters. The van der Waals surface area contributed by atoms with Crippen molar-refractivity contribution in [1.29, 1.82) is 0 Å². The maximum absolute atomic E-state index is 13.0. The fraction of sp³-hybridized carbons (Fsp3) is 0.533. The number of carbonyl (C=O) groups excluding carboxylic acids is 1. The molecule has 1 heterocycles. The van der Waals surface area contributed by atoms with Crippen molar-refractivity contribution in [3.63, 3.8) is 0 Å². The van der Waals surface area contributed by atoms with Gasteiger partial charge in [-0.05, 0) is 44.9 Å². The van der Waals surface area contributed by atoms with Crippen LogP contribution in [0.1, 0.15) is 38.8 Å². The molecule has 4 nitrogen and oxygen atoms in total. The molecule has 1 saturated heterocycles. The van der Waals surface area contributed by atoms with Crippen molar-refractivity contribution in [1.82, 2.24) is 4.90 Å². The van der Waals surface area contributed by atoms with E-state index in [-0.39, 0.29) is 24.0 Å². The van der Waals surface area contributed by atoms with Crippen molar-refractivity contribution in [3.8, 4) is 0 Å². The number of amides is 1. The SMILES string of the molecule is CC(C)(C)OC(=O)N1CC[C@@H](N)[C@@H]1c1ccc(F)cc1. The lowest BCUT2D eigenvalue weighted by Gasteiger charge is -2.30. The normalized spacial score (nSPS) is 22.9. The molecule has 2 atom stereocenters. The van der Waals surface area contributed by atoms with Crippen molar-refractivity contribution < 1.29 is 13.9 Å². The van der Waals surface area contributed by atoms with Crippen LogP contribution in [-0.2, 0) is 4.74 Å². The lowest BCUT2D eigenvalue weighted by molar-refractivity contribution is 0.0218. The molecule has 1 aromatic carbocycles. The molecule has 110 valence electrons. The Hall–Kier alpha value is -1.62. The third-order valence-electron chi connectivity index (χ3n) is 3.28. The molecular weight excluding hydrogens is 259 g/mol. The van der Waals surface area contributed by atoms with Gasteiger partial charge in [-0.1, -0.05) is 12.1 Å². The molecular formula is C15H21FN2O2. The molecule has 20 heavy (non-hydrogen) atoms. The van der Waals surface area contributed by atoms with Gasteiger partial charge in [0.05, 0.1) is 6.04 Å². The van der Waals surface area contributed by atoms with E-state index in [0.29, 0.717) is 13.0 Å². The third kappa shape index (κ3) is 3.28. The summed E-state index contributed by atoms with van der Waals surface area (Å²) in [7, 11) is 0. The fourth-order valence-electron chi connectivity index (χ4n) is 2.43. The number of nitrogens with two attached hydrogens (primary N) is 1. The Kier molecular flexibility index (Phi) is 3.99. The molecule has 0 saturated carbocycles. The Bertz CT molecular complexity index is 482. The summed E-state index contributed by atoms with van der Waals surface area (Å²) in [5.74, 6) is -0.302. The standard InChI is InChI=1S/C15H21FN2O2/c1-15(2,3)20-14(19)18-9-8-12(17)13(18)10-4-6-11(16)7-5-10/h4-7,12-13H,8-9,17H2,1-3H3/t12-,13+/m1/s1. The Labute approximate surface area is 118 Å². The van der Waals surface area contributed by atoms with Gasteiger partial charge in [0.15, 0.2) is 0 Å². The summed E-state index contributed by atoms with van der Waals surface area (Å²) in [5, 5.41) is 0. The van der Waals surface area contributed by atoms with E-state index in [1.165, 1.54) is 12.1 Å². The molecule has 1 aliphatic heterocycles. The number of nitrogens with zero attached hydrogens (tertiary/aromatic N) is 1. The summed E-state index contributed by atoms with van der Waals surface area (Å²) >= 11 is 0. The second-order valence-corrected chi connectivity index (χ2v) is 6.12. The van der Waals surface area contributed by atoms with E-state index in [9.17, 15) is 9.18 Å². The molecule has 0 spiro atoms. The predicted octanol–water partition coefficient (Wildman–Crippen LogP) is 2.83. The smallest absolute Gasteiger partial charge is 0.410 e. The van der Waals surface area contributed by atoms with Gasteiger partial charge < -0.3 is 10.5 Å². The third-order valence-corrected chi connectivity index (χ3v) is 3.28. The van der Waals surface area contributed by atoms with Gasteiger partial charge in [-0.15, -0.1) is 0 Å². The highest BCUT2D eigenvalue weighted by atomic mass is 19.1. The van der Waals surface area contributed by atoms with Gasteiger partial charge in [0.25, 0.3) is 0 Å². The highest BCUT2D eigenvalue weighted by Crippen LogP contribution is 2.32. The highest BCUT2D eigenvalue weighted by Gasteiger charge is 2.38. The van der Waals surface area contributed by atoms with E-state index in [1.807, 2.05) is 20.8 Å². The van der Waals surface area contributed by atoms with E-state index in [1.54, 1.807) is 17.0 Å². The summed E-state index contributed by atoms with van der Waals surface area (Å²) in [6.45, 7) is 6.04. The molecule has 0 aliphatic carbocycles. The number of halogens is 1. The zero-order chi connectivity index (χ0) is 14.9. The summed E-state index contributed by atoms with van der Waals surface area (Å²) < 4.78 is 18.4. The van der Waals surface area contributed by atoms with E-state index in [2.05, 4.69) is 0 Å². The Morgan fingerprint density at radius 3 is 2.50 bits per heavy atom. The molecule has 0 aromatic heterocycles. The van der Waals surface area contributed by atoms with Crippen LogP contribution in [0.3, 0.4) is 0 Å². The van der Waals surface area contributed by atoms with Crippen molar-refractivity contribution in [2.24, 2.45) is 5.73 Å². The van der Waals surface area contributed by atoms with Crippen molar-refractivity contribution in [3.05, 3.63) is 35.6 Å². The molecule has 0 bridgehead atoms. The van der Waals surface area contributed by atoms with E-state index in [4.69, 9.17) is 10.5 Å². The van der Waals surface area contributed by atoms with Gasteiger partial charge in [0.1, 0.15) is 11.4 Å². The van der Waals surface area contributed by atoms with E-state index < -0.39 is 5.60 Å². The minimum atomic E-state index is -0.545. The topological polar surface area (TPSA) is 55.6 Å². The monoisotopic (exact) mass is 280 g/mol. The lowest BCUT2D eigenvalue weighted by Crippen LogP contribution is -2.39. The van der Waals surface area contributed by atoms with Gasteiger partial charge in [0, 0.05) is 12.6 Å². The molecule has 5 heteroatoms. The molecule has 1 aromatic rings. The van der Waals surface area contributed by atoms with Gasteiger partial charge in [-0.3, -0.25) is 4.90 Å². The zero-order valence-electron chi connectivity index (χ0n) is 12.1. The summed E-state index contributed by atoms with van der Waals surface area (Å²) in [5.41, 5.74) is 6.39. The minimum absolute atomic E-state index is 0.159. The minimum Gasteiger partial charge on any atom is -0.444 e. The van der Waals surface area contributed by atoms with Crippen LogP contribution >= 0.6 is 0 Å². The Balaban J connectivity index is 2.20. The van der Waals surface area contributed by atoms with Crippen LogP contribution in [0.5, 0.6) is 0 Å². The van der Waals surface area contributed by atoms with Crippen LogP contribution in [-0.4, -0.2) is 29.2 Å². The maximum atomic E-state index is 13.0. The van der Waals surface area contributed by atoms with Crippen molar-refractivity contribution >= 4 is 6.09 Å². The zero-order valence-corrected chi connectivity index (χ0v) is 12.1. The Morgan fingerprint density at radius 1 is 1.35 bits per heavy atom. The molecule has 1 amide bonds. The lowest BCUT2D eigenvalue weighted by atomic mass is 10.0. The molecule has 1 aliphatic rings.